The smallest absolute Gasteiger partial charge is 0.229 e. The SMILES string of the molecule is C[C@@H]1CN(c2nc(N3CCOCC3)c3ccc(-c4cccc(/C=N/O)c4)nc3n2)C[C@H](C)O1. The van der Waals surface area contributed by atoms with E-state index in [0.717, 1.165) is 54.2 Å². The molecule has 1 N–H and O–H groups in total. The molecule has 9 nitrogen and oxygen atoms in total. The molecule has 0 amide bonds. The van der Waals surface area contributed by atoms with Gasteiger partial charge in [0.1, 0.15) is 5.82 Å². The van der Waals surface area contributed by atoms with Gasteiger partial charge in [-0.05, 0) is 37.6 Å². The first kappa shape index (κ1) is 21.5. The third kappa shape index (κ3) is 4.60. The summed E-state index contributed by atoms with van der Waals surface area (Å²) in [6.45, 7) is 8.55. The Bertz CT molecular complexity index is 1150. The van der Waals surface area contributed by atoms with Gasteiger partial charge in [0.25, 0.3) is 0 Å². The lowest BCUT2D eigenvalue weighted by atomic mass is 10.1. The second-order valence-corrected chi connectivity index (χ2v) is 8.55. The van der Waals surface area contributed by atoms with Crippen LogP contribution >= 0.6 is 0 Å². The molecule has 4 heterocycles. The van der Waals surface area contributed by atoms with E-state index in [2.05, 4.69) is 28.8 Å². The molecule has 172 valence electrons. The number of ether oxygens (including phenoxy) is 2. The first-order valence-electron chi connectivity index (χ1n) is 11.3. The van der Waals surface area contributed by atoms with Gasteiger partial charge < -0.3 is 24.5 Å². The molecule has 0 unspecified atom stereocenters. The van der Waals surface area contributed by atoms with Gasteiger partial charge in [0.2, 0.25) is 5.95 Å². The summed E-state index contributed by atoms with van der Waals surface area (Å²) in [5.74, 6) is 1.57. The summed E-state index contributed by atoms with van der Waals surface area (Å²) < 4.78 is 11.5. The van der Waals surface area contributed by atoms with E-state index in [-0.39, 0.29) is 12.2 Å². The Labute approximate surface area is 192 Å². The number of hydrogen-bond acceptors (Lipinski definition) is 9. The summed E-state index contributed by atoms with van der Waals surface area (Å²) in [4.78, 5) is 19.3. The number of rotatable bonds is 4. The molecule has 0 radical (unpaired) electrons. The molecular formula is C24H28N6O3. The zero-order valence-electron chi connectivity index (χ0n) is 18.9. The third-order valence-corrected chi connectivity index (χ3v) is 5.93. The van der Waals surface area contributed by atoms with Crippen LogP contribution in [0.4, 0.5) is 11.8 Å². The second-order valence-electron chi connectivity index (χ2n) is 8.55. The van der Waals surface area contributed by atoms with Crippen molar-refractivity contribution in [2.45, 2.75) is 26.1 Å². The van der Waals surface area contributed by atoms with Gasteiger partial charge >= 0.3 is 0 Å². The fourth-order valence-corrected chi connectivity index (χ4v) is 4.49. The fraction of sp³-hybridized carbons (Fsp3) is 0.417. The first-order valence-corrected chi connectivity index (χ1v) is 11.3. The van der Waals surface area contributed by atoms with Crippen LogP contribution in [-0.4, -0.2) is 78.0 Å². The lowest BCUT2D eigenvalue weighted by molar-refractivity contribution is -0.00570. The zero-order chi connectivity index (χ0) is 22.8. The normalized spacial score (nSPS) is 21.8. The maximum atomic E-state index is 8.88. The van der Waals surface area contributed by atoms with Gasteiger partial charge in [-0.1, -0.05) is 23.4 Å². The number of hydrogen-bond donors (Lipinski definition) is 1. The second kappa shape index (κ2) is 9.29. The van der Waals surface area contributed by atoms with Crippen LogP contribution in [0.25, 0.3) is 22.3 Å². The molecule has 2 fully saturated rings. The Morgan fingerprint density at radius 1 is 1.00 bits per heavy atom. The fourth-order valence-electron chi connectivity index (χ4n) is 4.49. The Hall–Kier alpha value is -3.30. The highest BCUT2D eigenvalue weighted by molar-refractivity contribution is 5.90. The summed E-state index contributed by atoms with van der Waals surface area (Å²) in [7, 11) is 0. The summed E-state index contributed by atoms with van der Waals surface area (Å²) in [6, 6.07) is 11.7. The highest BCUT2D eigenvalue weighted by atomic mass is 16.5. The van der Waals surface area contributed by atoms with Crippen molar-refractivity contribution in [1.29, 1.82) is 0 Å². The van der Waals surface area contributed by atoms with Crippen molar-refractivity contribution in [3.8, 4) is 11.3 Å². The van der Waals surface area contributed by atoms with Gasteiger partial charge in [-0.3, -0.25) is 0 Å². The number of pyridine rings is 1. The molecular weight excluding hydrogens is 420 g/mol. The molecule has 0 aliphatic carbocycles. The lowest BCUT2D eigenvalue weighted by Gasteiger charge is -2.36. The maximum Gasteiger partial charge on any atom is 0.229 e. The highest BCUT2D eigenvalue weighted by Gasteiger charge is 2.26. The van der Waals surface area contributed by atoms with Crippen molar-refractivity contribution < 1.29 is 14.7 Å². The minimum Gasteiger partial charge on any atom is -0.411 e. The number of oxime groups is 1. The molecule has 0 bridgehead atoms. The molecule has 5 rings (SSSR count). The van der Waals surface area contributed by atoms with Crippen molar-refractivity contribution in [3.63, 3.8) is 0 Å². The molecule has 0 saturated carbocycles. The van der Waals surface area contributed by atoms with Gasteiger partial charge in [0.05, 0.1) is 42.7 Å². The minimum atomic E-state index is 0.107. The number of morpholine rings is 2. The van der Waals surface area contributed by atoms with Crippen molar-refractivity contribution in [1.82, 2.24) is 15.0 Å². The molecule has 2 saturated heterocycles. The van der Waals surface area contributed by atoms with Crippen LogP contribution in [0.15, 0.2) is 41.6 Å². The third-order valence-electron chi connectivity index (χ3n) is 5.93. The van der Waals surface area contributed by atoms with Crippen molar-refractivity contribution >= 4 is 29.0 Å². The predicted octanol–water partition coefficient (Wildman–Crippen LogP) is 2.95. The minimum absolute atomic E-state index is 0.107. The molecule has 2 aliphatic heterocycles. The largest absolute Gasteiger partial charge is 0.411 e. The van der Waals surface area contributed by atoms with Crippen molar-refractivity contribution in [2.75, 3.05) is 49.2 Å². The number of anilines is 2. The first-order chi connectivity index (χ1) is 16.1. The molecule has 3 aromatic rings. The van der Waals surface area contributed by atoms with E-state index in [1.807, 2.05) is 36.4 Å². The molecule has 2 aliphatic rings. The van der Waals surface area contributed by atoms with Crippen LogP contribution in [0.5, 0.6) is 0 Å². The number of fused-ring (bicyclic) bond motifs is 1. The number of aromatic nitrogens is 3. The standard InChI is InChI=1S/C24H28N6O3/c1-16-14-30(15-17(2)33-16)24-27-22-20(23(28-24)29-8-10-32-11-9-29)6-7-21(26-22)19-5-3-4-18(12-19)13-25-31/h3-7,12-13,16-17,31H,8-11,14-15H2,1-2H3/b25-13+/t16-,17+. The quantitative estimate of drug-likeness (QED) is 0.370. The summed E-state index contributed by atoms with van der Waals surface area (Å²) >= 11 is 0. The predicted molar refractivity (Wildman–Crippen MR) is 127 cm³/mol. The Kier molecular flexibility index (Phi) is 6.06. The van der Waals surface area contributed by atoms with Crippen LogP contribution in [-0.2, 0) is 9.47 Å². The molecule has 9 heteroatoms. The highest BCUT2D eigenvalue weighted by Crippen LogP contribution is 2.30. The summed E-state index contributed by atoms with van der Waals surface area (Å²) in [5, 5.41) is 12.9. The topological polar surface area (TPSA) is 96.2 Å². The Morgan fingerprint density at radius 3 is 2.55 bits per heavy atom. The van der Waals surface area contributed by atoms with Gasteiger partial charge in [0.15, 0.2) is 5.65 Å². The van der Waals surface area contributed by atoms with Gasteiger partial charge in [-0.15, -0.1) is 0 Å². The number of nitrogens with zero attached hydrogens (tertiary/aromatic N) is 6. The molecule has 2 atom stereocenters. The van der Waals surface area contributed by atoms with E-state index in [4.69, 9.17) is 29.6 Å². The Morgan fingerprint density at radius 2 is 1.79 bits per heavy atom. The average molecular weight is 449 g/mol. The molecule has 2 aromatic heterocycles. The van der Waals surface area contributed by atoms with E-state index in [0.29, 0.717) is 24.8 Å². The van der Waals surface area contributed by atoms with E-state index in [1.54, 1.807) is 0 Å². The van der Waals surface area contributed by atoms with E-state index < -0.39 is 0 Å². The van der Waals surface area contributed by atoms with Crippen LogP contribution in [0, 0.1) is 0 Å². The maximum absolute atomic E-state index is 8.88. The van der Waals surface area contributed by atoms with Crippen molar-refractivity contribution in [3.05, 3.63) is 42.0 Å². The van der Waals surface area contributed by atoms with Gasteiger partial charge in [0, 0.05) is 31.7 Å². The monoisotopic (exact) mass is 448 g/mol. The van der Waals surface area contributed by atoms with Crippen LogP contribution in [0.1, 0.15) is 19.4 Å². The van der Waals surface area contributed by atoms with E-state index in [1.165, 1.54) is 6.21 Å². The molecule has 33 heavy (non-hydrogen) atoms. The van der Waals surface area contributed by atoms with Crippen LogP contribution in [0.3, 0.4) is 0 Å². The zero-order valence-corrected chi connectivity index (χ0v) is 18.9. The van der Waals surface area contributed by atoms with Crippen molar-refractivity contribution in [2.24, 2.45) is 5.16 Å². The molecule has 0 spiro atoms. The average Bonchev–Trinajstić information content (AvgIpc) is 2.83. The van der Waals surface area contributed by atoms with E-state index >= 15 is 0 Å². The number of benzene rings is 1. The van der Waals surface area contributed by atoms with Gasteiger partial charge in [-0.25, -0.2) is 4.98 Å². The Balaban J connectivity index is 1.61. The summed E-state index contributed by atoms with van der Waals surface area (Å²) in [6.07, 6.45) is 1.62. The van der Waals surface area contributed by atoms with Gasteiger partial charge in [-0.2, -0.15) is 9.97 Å². The summed E-state index contributed by atoms with van der Waals surface area (Å²) in [5.41, 5.74) is 3.19. The van der Waals surface area contributed by atoms with E-state index in [9.17, 15) is 0 Å². The van der Waals surface area contributed by atoms with Crippen LogP contribution in [0.2, 0.25) is 0 Å². The molecule has 1 aromatic carbocycles. The lowest BCUT2D eigenvalue weighted by Crippen LogP contribution is -2.46. The van der Waals surface area contributed by atoms with Crippen LogP contribution < -0.4 is 9.80 Å².